The summed E-state index contributed by atoms with van der Waals surface area (Å²) in [5.41, 5.74) is 3.90. The molecule has 0 radical (unpaired) electrons. The third-order valence-corrected chi connectivity index (χ3v) is 5.21. The van der Waals surface area contributed by atoms with Crippen LogP contribution < -0.4 is 10.1 Å². The number of benzene rings is 1. The predicted octanol–water partition coefficient (Wildman–Crippen LogP) is 3.76. The van der Waals surface area contributed by atoms with E-state index >= 15 is 0 Å². The van der Waals surface area contributed by atoms with Gasteiger partial charge in [0.2, 0.25) is 5.91 Å². The van der Waals surface area contributed by atoms with Crippen LogP contribution in [-0.4, -0.2) is 15.9 Å². The first-order valence-electron chi connectivity index (χ1n) is 8.13. The summed E-state index contributed by atoms with van der Waals surface area (Å²) in [4.78, 5) is 19.3. The molecule has 130 valence electrons. The number of amides is 1. The summed E-state index contributed by atoms with van der Waals surface area (Å²) < 4.78 is 19.7. The first-order valence-corrected chi connectivity index (χ1v) is 9.07. The van der Waals surface area contributed by atoms with Crippen molar-refractivity contribution >= 4 is 28.1 Å². The second-order valence-corrected chi connectivity index (χ2v) is 7.39. The maximum Gasteiger partial charge on any atom is 0.226 e. The van der Waals surface area contributed by atoms with Crippen LogP contribution in [0.1, 0.15) is 31.2 Å². The van der Waals surface area contributed by atoms with Gasteiger partial charge in [-0.3, -0.25) is 4.79 Å². The molecule has 2 N–H and O–H groups in total. The number of halogens is 1. The molecule has 7 heteroatoms. The highest BCUT2D eigenvalue weighted by atomic mass is 32.1. The lowest BCUT2D eigenvalue weighted by Gasteiger charge is -2.08. The minimum absolute atomic E-state index is 0.0737. The lowest BCUT2D eigenvalue weighted by molar-refractivity contribution is -0.125. The Morgan fingerprint density at radius 1 is 1.44 bits per heavy atom. The number of H-pyrrole nitrogens is 1. The van der Waals surface area contributed by atoms with Gasteiger partial charge in [0.1, 0.15) is 6.61 Å². The Morgan fingerprint density at radius 3 is 3.00 bits per heavy atom. The van der Waals surface area contributed by atoms with E-state index in [1.165, 1.54) is 17.4 Å². The molecule has 0 aliphatic heterocycles. The van der Waals surface area contributed by atoms with Gasteiger partial charge in [-0.25, -0.2) is 9.37 Å². The maximum absolute atomic E-state index is 14.2. The highest BCUT2D eigenvalue weighted by Crippen LogP contribution is 2.45. The van der Waals surface area contributed by atoms with Crippen molar-refractivity contribution in [2.24, 2.45) is 5.41 Å². The monoisotopic (exact) mass is 359 g/mol. The van der Waals surface area contributed by atoms with Crippen molar-refractivity contribution < 1.29 is 13.9 Å². The smallest absolute Gasteiger partial charge is 0.226 e. The van der Waals surface area contributed by atoms with Crippen molar-refractivity contribution in [2.45, 2.75) is 32.9 Å². The lowest BCUT2D eigenvalue weighted by atomic mass is 10.1. The predicted molar refractivity (Wildman–Crippen MR) is 93.9 cm³/mol. The zero-order chi connectivity index (χ0) is 17.4. The third kappa shape index (κ3) is 3.37. The van der Waals surface area contributed by atoms with Crippen LogP contribution in [0.4, 0.5) is 4.39 Å². The number of carbonyl (C=O) groups is 1. The van der Waals surface area contributed by atoms with E-state index in [2.05, 4.69) is 15.3 Å². The Hall–Kier alpha value is -2.41. The molecule has 1 aliphatic rings. The molecule has 1 fully saturated rings. The molecule has 3 aromatic rings. The van der Waals surface area contributed by atoms with Crippen molar-refractivity contribution in [3.63, 3.8) is 0 Å². The lowest BCUT2D eigenvalue weighted by Crippen LogP contribution is -2.29. The van der Waals surface area contributed by atoms with Crippen LogP contribution in [0, 0.1) is 11.2 Å². The fraction of sp³-hybridized carbons (Fsp3) is 0.333. The van der Waals surface area contributed by atoms with Crippen molar-refractivity contribution in [1.29, 1.82) is 0 Å². The molecule has 4 rings (SSSR count). The summed E-state index contributed by atoms with van der Waals surface area (Å²) in [5, 5.41) is 5.55. The van der Waals surface area contributed by atoms with Gasteiger partial charge in [0, 0.05) is 33.5 Å². The average Bonchev–Trinajstić information content (AvgIpc) is 3.01. The minimum atomic E-state index is -0.414. The Kier molecular flexibility index (Phi) is 3.95. The van der Waals surface area contributed by atoms with Crippen LogP contribution in [0.5, 0.6) is 5.75 Å². The summed E-state index contributed by atoms with van der Waals surface area (Å²) >= 11 is 1.47. The summed E-state index contributed by atoms with van der Waals surface area (Å²) in [7, 11) is 0. The number of nitrogens with one attached hydrogen (secondary N) is 2. The minimum Gasteiger partial charge on any atom is -0.484 e. The third-order valence-electron chi connectivity index (χ3n) is 4.58. The van der Waals surface area contributed by atoms with E-state index < -0.39 is 5.82 Å². The summed E-state index contributed by atoms with van der Waals surface area (Å²) in [6.45, 7) is 2.60. The first kappa shape index (κ1) is 16.1. The number of carbonyl (C=O) groups excluding carboxylic acids is 1. The quantitative estimate of drug-likeness (QED) is 0.704. The van der Waals surface area contributed by atoms with Gasteiger partial charge in [0.05, 0.1) is 17.7 Å². The van der Waals surface area contributed by atoms with E-state index in [9.17, 15) is 9.18 Å². The van der Waals surface area contributed by atoms with Crippen molar-refractivity contribution in [3.8, 4) is 5.75 Å². The number of fused-ring (bicyclic) bond motifs is 1. The molecule has 0 saturated heterocycles. The molecule has 0 atom stereocenters. The van der Waals surface area contributed by atoms with E-state index in [0.717, 1.165) is 35.1 Å². The Morgan fingerprint density at radius 2 is 2.28 bits per heavy atom. The number of aromatic nitrogens is 2. The topological polar surface area (TPSA) is 67.0 Å². The Labute approximate surface area is 148 Å². The summed E-state index contributed by atoms with van der Waals surface area (Å²) in [5.74, 6) is -0.157. The molecule has 2 heterocycles. The van der Waals surface area contributed by atoms with E-state index in [4.69, 9.17) is 4.74 Å². The highest BCUT2D eigenvalue weighted by Gasteiger charge is 2.44. The highest BCUT2D eigenvalue weighted by molar-refractivity contribution is 7.07. The van der Waals surface area contributed by atoms with Gasteiger partial charge >= 0.3 is 0 Å². The number of rotatable bonds is 6. The van der Waals surface area contributed by atoms with E-state index in [1.807, 2.05) is 18.4 Å². The SMILES string of the molecule is CC1(C(=O)NCc2cc3cc(F)c(OCc4cscn4)cc3[nH]2)CC1. The van der Waals surface area contributed by atoms with Gasteiger partial charge in [-0.05, 0) is 25.0 Å². The van der Waals surface area contributed by atoms with Gasteiger partial charge in [0.15, 0.2) is 11.6 Å². The van der Waals surface area contributed by atoms with Crippen molar-refractivity contribution in [2.75, 3.05) is 0 Å². The number of thiazole rings is 1. The largest absolute Gasteiger partial charge is 0.484 e. The van der Waals surface area contributed by atoms with Crippen molar-refractivity contribution in [1.82, 2.24) is 15.3 Å². The molecule has 2 aromatic heterocycles. The number of nitrogens with zero attached hydrogens (tertiary/aromatic N) is 1. The van der Waals surface area contributed by atoms with E-state index in [0.29, 0.717) is 6.54 Å². The van der Waals surface area contributed by atoms with Crippen LogP contribution >= 0.6 is 11.3 Å². The Balaban J connectivity index is 1.47. The molecule has 1 saturated carbocycles. The van der Waals surface area contributed by atoms with Gasteiger partial charge in [-0.15, -0.1) is 11.3 Å². The number of ether oxygens (including phenoxy) is 1. The number of hydrogen-bond acceptors (Lipinski definition) is 4. The molecule has 0 unspecified atom stereocenters. The van der Waals surface area contributed by atoms with E-state index in [-0.39, 0.29) is 23.7 Å². The van der Waals surface area contributed by atoms with Gasteiger partial charge < -0.3 is 15.0 Å². The van der Waals surface area contributed by atoms with Crippen LogP contribution in [0.25, 0.3) is 10.9 Å². The van der Waals surface area contributed by atoms with Gasteiger partial charge in [-0.1, -0.05) is 6.92 Å². The normalized spacial score (nSPS) is 15.3. The average molecular weight is 359 g/mol. The molecule has 1 amide bonds. The second-order valence-electron chi connectivity index (χ2n) is 6.68. The maximum atomic E-state index is 14.2. The standard InChI is InChI=1S/C18H18FN3O2S/c1-18(2-3-18)17(23)20-7-12-4-11-5-14(19)16(6-15(11)22-12)24-8-13-9-25-10-21-13/h4-6,9-10,22H,2-3,7-8H2,1H3,(H,20,23). The fourth-order valence-corrected chi connectivity index (χ4v) is 3.21. The second kappa shape index (κ2) is 6.15. The number of hydrogen-bond donors (Lipinski definition) is 2. The van der Waals surface area contributed by atoms with Crippen LogP contribution in [0.15, 0.2) is 29.1 Å². The van der Waals surface area contributed by atoms with E-state index in [1.54, 1.807) is 11.6 Å². The van der Waals surface area contributed by atoms with Crippen molar-refractivity contribution in [3.05, 3.63) is 46.3 Å². The zero-order valence-electron chi connectivity index (χ0n) is 13.8. The molecular weight excluding hydrogens is 341 g/mol. The molecule has 0 spiro atoms. The van der Waals surface area contributed by atoms with Gasteiger partial charge in [0.25, 0.3) is 0 Å². The summed E-state index contributed by atoms with van der Waals surface area (Å²) in [6.07, 6.45) is 1.88. The molecule has 0 bridgehead atoms. The molecule has 1 aromatic carbocycles. The molecule has 1 aliphatic carbocycles. The van der Waals surface area contributed by atoms with Crippen LogP contribution in [0.3, 0.4) is 0 Å². The molecular formula is C18H18FN3O2S. The summed E-state index contributed by atoms with van der Waals surface area (Å²) in [6, 6.07) is 4.93. The first-order chi connectivity index (χ1) is 12.0. The number of aromatic amines is 1. The Bertz CT molecular complexity index is 916. The van der Waals surface area contributed by atoms with Gasteiger partial charge in [-0.2, -0.15) is 0 Å². The van der Waals surface area contributed by atoms with Crippen LogP contribution in [-0.2, 0) is 17.9 Å². The zero-order valence-corrected chi connectivity index (χ0v) is 14.6. The van der Waals surface area contributed by atoms with Crippen LogP contribution in [0.2, 0.25) is 0 Å². The fourth-order valence-electron chi connectivity index (χ4n) is 2.66. The molecule has 25 heavy (non-hydrogen) atoms. The molecule has 5 nitrogen and oxygen atoms in total.